The first-order valence-electron chi connectivity index (χ1n) is 7.91. The fraction of sp³-hybridized carbons (Fsp3) is 0.875. The number of hydrogen-bond donors (Lipinski definition) is 0. The summed E-state index contributed by atoms with van der Waals surface area (Å²) in [7, 11) is 0. The zero-order chi connectivity index (χ0) is 13.3. The summed E-state index contributed by atoms with van der Waals surface area (Å²) in [5, 5.41) is 9.28. The van der Waals surface area contributed by atoms with Gasteiger partial charge in [-0.05, 0) is 50.4 Å². The number of amides is 1. The largest absolute Gasteiger partial charge is 0.341 e. The average molecular weight is 260 g/mol. The number of carbonyl (C=O) groups excluding carboxylic acids is 1. The molecule has 1 spiro atoms. The summed E-state index contributed by atoms with van der Waals surface area (Å²) in [6.45, 7) is 1.78. The number of nitrogens with zero attached hydrogens (tertiary/aromatic N) is 2. The second-order valence-electron chi connectivity index (χ2n) is 6.90. The van der Waals surface area contributed by atoms with Gasteiger partial charge in [-0.25, -0.2) is 0 Å². The number of carbonyl (C=O) groups is 1. The zero-order valence-electron chi connectivity index (χ0n) is 11.8. The van der Waals surface area contributed by atoms with E-state index in [0.717, 1.165) is 32.4 Å². The van der Waals surface area contributed by atoms with Gasteiger partial charge in [-0.3, -0.25) is 4.79 Å². The van der Waals surface area contributed by atoms with Crippen LogP contribution in [0.15, 0.2) is 0 Å². The summed E-state index contributed by atoms with van der Waals surface area (Å²) < 4.78 is 0. The summed E-state index contributed by atoms with van der Waals surface area (Å²) in [5.74, 6) is 0.131. The molecule has 0 radical (unpaired) electrons. The van der Waals surface area contributed by atoms with Crippen molar-refractivity contribution >= 4 is 5.91 Å². The highest BCUT2D eigenvalue weighted by Gasteiger charge is 2.48. The van der Waals surface area contributed by atoms with E-state index in [-0.39, 0.29) is 5.91 Å². The Kier molecular flexibility index (Phi) is 3.28. The molecule has 104 valence electrons. The van der Waals surface area contributed by atoms with Gasteiger partial charge in [0.15, 0.2) is 0 Å². The third kappa shape index (κ3) is 2.16. The Morgan fingerprint density at radius 1 is 0.895 bits per heavy atom. The topological polar surface area (TPSA) is 44.1 Å². The molecule has 0 N–H and O–H groups in total. The predicted molar refractivity (Wildman–Crippen MR) is 73.2 cm³/mol. The summed E-state index contributed by atoms with van der Waals surface area (Å²) >= 11 is 0. The molecule has 2 saturated carbocycles. The molecule has 1 saturated heterocycles. The van der Waals surface area contributed by atoms with Crippen LogP contribution in [0.3, 0.4) is 0 Å². The maximum absolute atomic E-state index is 12.5. The van der Waals surface area contributed by atoms with Crippen LogP contribution >= 0.6 is 0 Å². The molecule has 3 rings (SSSR count). The van der Waals surface area contributed by atoms with Crippen molar-refractivity contribution in [1.82, 2.24) is 4.90 Å². The number of likely N-dealkylation sites (tertiary alicyclic amines) is 1. The van der Waals surface area contributed by atoms with Crippen LogP contribution in [0.5, 0.6) is 0 Å². The van der Waals surface area contributed by atoms with Gasteiger partial charge < -0.3 is 4.90 Å². The van der Waals surface area contributed by atoms with Gasteiger partial charge in [0.1, 0.15) is 5.41 Å². The molecule has 1 heterocycles. The van der Waals surface area contributed by atoms with Gasteiger partial charge >= 0.3 is 0 Å². The predicted octanol–water partition coefficient (Wildman–Crippen LogP) is 3.25. The monoisotopic (exact) mass is 260 g/mol. The molecule has 3 fully saturated rings. The lowest BCUT2D eigenvalue weighted by molar-refractivity contribution is -0.145. The molecule has 2 aliphatic carbocycles. The van der Waals surface area contributed by atoms with E-state index in [1.165, 1.54) is 44.9 Å². The Morgan fingerprint density at radius 3 is 2.00 bits per heavy atom. The molecule has 3 aliphatic rings. The Morgan fingerprint density at radius 2 is 1.53 bits per heavy atom. The van der Waals surface area contributed by atoms with Crippen molar-refractivity contribution in [3.63, 3.8) is 0 Å². The van der Waals surface area contributed by atoms with Crippen LogP contribution in [0.4, 0.5) is 0 Å². The van der Waals surface area contributed by atoms with E-state index in [4.69, 9.17) is 0 Å². The van der Waals surface area contributed by atoms with Crippen molar-refractivity contribution in [1.29, 1.82) is 5.26 Å². The maximum atomic E-state index is 12.5. The fourth-order valence-corrected chi connectivity index (χ4v) is 4.19. The Labute approximate surface area is 116 Å². The SMILES string of the molecule is N#CC1(C(=O)N2CCC3(CCCCC3)CC2)CCC1. The number of piperidine rings is 1. The Balaban J connectivity index is 1.61. The van der Waals surface area contributed by atoms with E-state index in [1.807, 2.05) is 4.90 Å². The molecule has 0 aromatic heterocycles. The lowest BCUT2D eigenvalue weighted by Crippen LogP contribution is -2.51. The highest BCUT2D eigenvalue weighted by Crippen LogP contribution is 2.47. The first kappa shape index (κ1) is 13.0. The summed E-state index contributed by atoms with van der Waals surface area (Å²) in [6.07, 6.45) is 11.8. The van der Waals surface area contributed by atoms with Gasteiger partial charge in [0, 0.05) is 13.1 Å². The highest BCUT2D eigenvalue weighted by molar-refractivity contribution is 5.86. The second-order valence-corrected chi connectivity index (χ2v) is 6.90. The van der Waals surface area contributed by atoms with Crippen molar-refractivity contribution in [3.05, 3.63) is 0 Å². The molecule has 0 aromatic carbocycles. The van der Waals surface area contributed by atoms with Crippen molar-refractivity contribution in [2.24, 2.45) is 10.8 Å². The first-order valence-corrected chi connectivity index (χ1v) is 7.91. The van der Waals surface area contributed by atoms with Crippen molar-refractivity contribution < 1.29 is 4.79 Å². The highest BCUT2D eigenvalue weighted by atomic mass is 16.2. The molecular formula is C16H24N2O. The molecule has 0 atom stereocenters. The molecule has 1 amide bonds. The van der Waals surface area contributed by atoms with Gasteiger partial charge in [-0.1, -0.05) is 19.3 Å². The van der Waals surface area contributed by atoms with Gasteiger partial charge in [0.05, 0.1) is 6.07 Å². The van der Waals surface area contributed by atoms with Crippen LogP contribution in [0.25, 0.3) is 0 Å². The average Bonchev–Trinajstić information content (AvgIpc) is 2.40. The molecular weight excluding hydrogens is 236 g/mol. The molecule has 3 heteroatoms. The van der Waals surface area contributed by atoms with Crippen LogP contribution in [0.1, 0.15) is 64.2 Å². The van der Waals surface area contributed by atoms with Crippen molar-refractivity contribution in [2.45, 2.75) is 64.2 Å². The molecule has 0 bridgehead atoms. The molecule has 1 aliphatic heterocycles. The van der Waals surface area contributed by atoms with E-state index in [1.54, 1.807) is 0 Å². The molecule has 0 aromatic rings. The lowest BCUT2D eigenvalue weighted by atomic mass is 9.66. The Hall–Kier alpha value is -1.04. The summed E-state index contributed by atoms with van der Waals surface area (Å²) in [6, 6.07) is 2.29. The second kappa shape index (κ2) is 4.81. The number of hydrogen-bond acceptors (Lipinski definition) is 2. The van der Waals surface area contributed by atoms with Gasteiger partial charge in [-0.2, -0.15) is 5.26 Å². The zero-order valence-corrected chi connectivity index (χ0v) is 11.8. The van der Waals surface area contributed by atoms with E-state index in [9.17, 15) is 10.1 Å². The molecule has 3 nitrogen and oxygen atoms in total. The van der Waals surface area contributed by atoms with E-state index in [0.29, 0.717) is 5.41 Å². The van der Waals surface area contributed by atoms with Gasteiger partial charge in [-0.15, -0.1) is 0 Å². The van der Waals surface area contributed by atoms with E-state index in [2.05, 4.69) is 6.07 Å². The minimum atomic E-state index is -0.642. The summed E-state index contributed by atoms with van der Waals surface area (Å²) in [4.78, 5) is 14.5. The summed E-state index contributed by atoms with van der Waals surface area (Å²) in [5.41, 5.74) is -0.106. The van der Waals surface area contributed by atoms with Crippen LogP contribution in [-0.4, -0.2) is 23.9 Å². The lowest BCUT2D eigenvalue weighted by Gasteiger charge is -2.47. The minimum absolute atomic E-state index is 0.131. The third-order valence-corrected chi connectivity index (χ3v) is 5.86. The third-order valence-electron chi connectivity index (χ3n) is 5.86. The van der Waals surface area contributed by atoms with Crippen LogP contribution < -0.4 is 0 Å². The van der Waals surface area contributed by atoms with Crippen LogP contribution in [-0.2, 0) is 4.79 Å². The van der Waals surface area contributed by atoms with E-state index >= 15 is 0 Å². The van der Waals surface area contributed by atoms with Gasteiger partial charge in [0.25, 0.3) is 0 Å². The standard InChI is InChI=1S/C16H24N2O/c17-13-16(7-4-8-16)14(19)18-11-9-15(10-12-18)5-2-1-3-6-15/h1-12H2. The first-order chi connectivity index (χ1) is 9.20. The molecule has 0 unspecified atom stereocenters. The van der Waals surface area contributed by atoms with Crippen LogP contribution in [0, 0.1) is 22.2 Å². The fourth-order valence-electron chi connectivity index (χ4n) is 4.19. The number of nitriles is 1. The van der Waals surface area contributed by atoms with Crippen LogP contribution in [0.2, 0.25) is 0 Å². The van der Waals surface area contributed by atoms with Crippen molar-refractivity contribution in [3.8, 4) is 6.07 Å². The maximum Gasteiger partial charge on any atom is 0.243 e. The normalized spacial score (nSPS) is 28.5. The van der Waals surface area contributed by atoms with E-state index < -0.39 is 5.41 Å². The quantitative estimate of drug-likeness (QED) is 0.726. The number of rotatable bonds is 1. The Bertz CT molecular complexity index is 389. The molecule has 19 heavy (non-hydrogen) atoms. The smallest absolute Gasteiger partial charge is 0.243 e. The van der Waals surface area contributed by atoms with Gasteiger partial charge in [0.2, 0.25) is 5.91 Å². The minimum Gasteiger partial charge on any atom is -0.341 e. The van der Waals surface area contributed by atoms with Crippen molar-refractivity contribution in [2.75, 3.05) is 13.1 Å².